The average Bonchev–Trinajstić information content (AvgIpc) is 2.89. The summed E-state index contributed by atoms with van der Waals surface area (Å²) in [4.78, 5) is 0. The number of H-pyrrole nitrogens is 1. The number of aryl methyl sites for hydroxylation is 1. The van der Waals surface area contributed by atoms with E-state index in [0.717, 1.165) is 30.4 Å². The molecule has 2 heterocycles. The summed E-state index contributed by atoms with van der Waals surface area (Å²) in [5.41, 5.74) is 3.40. The molecule has 0 bridgehead atoms. The summed E-state index contributed by atoms with van der Waals surface area (Å²) in [6.07, 6.45) is 8.45. The summed E-state index contributed by atoms with van der Waals surface area (Å²) >= 11 is 0. The first-order chi connectivity index (χ1) is 8.36. The van der Waals surface area contributed by atoms with Crippen LogP contribution in [0, 0.1) is 0 Å². The third kappa shape index (κ3) is 2.24. The molecule has 0 spiro atoms. The number of hydrogen-bond donors (Lipinski definition) is 2. The van der Waals surface area contributed by atoms with Gasteiger partial charge < -0.3 is 5.32 Å². The Morgan fingerprint density at radius 1 is 1.47 bits per heavy atom. The first-order valence-corrected chi connectivity index (χ1v) is 6.15. The Kier molecular flexibility index (Phi) is 2.68. The van der Waals surface area contributed by atoms with E-state index in [-0.39, 0.29) is 0 Å². The van der Waals surface area contributed by atoms with Gasteiger partial charge in [-0.3, -0.25) is 9.78 Å². The number of nitrogens with zero attached hydrogens (tertiary/aromatic N) is 3. The van der Waals surface area contributed by atoms with Gasteiger partial charge in [0.25, 0.3) is 0 Å². The van der Waals surface area contributed by atoms with Crippen molar-refractivity contribution in [1.82, 2.24) is 25.3 Å². The Bertz CT molecular complexity index is 494. The molecule has 0 unspecified atom stereocenters. The van der Waals surface area contributed by atoms with Gasteiger partial charge in [-0.25, -0.2) is 0 Å². The second-order valence-electron chi connectivity index (χ2n) is 4.51. The second kappa shape index (κ2) is 4.33. The third-order valence-electron chi connectivity index (χ3n) is 3.12. The minimum Gasteiger partial charge on any atom is -0.310 e. The maximum Gasteiger partial charge on any atom is 0.0726 e. The Hall–Kier alpha value is -1.62. The van der Waals surface area contributed by atoms with Crippen LogP contribution in [0.15, 0.2) is 18.6 Å². The van der Waals surface area contributed by atoms with E-state index in [9.17, 15) is 0 Å². The molecule has 3 rings (SSSR count). The normalized spacial score (nSPS) is 15.4. The van der Waals surface area contributed by atoms with Crippen LogP contribution in [0.4, 0.5) is 0 Å². The molecule has 1 aliphatic rings. The van der Waals surface area contributed by atoms with Gasteiger partial charge in [-0.05, 0) is 19.8 Å². The first-order valence-electron chi connectivity index (χ1n) is 6.15. The van der Waals surface area contributed by atoms with E-state index in [1.807, 2.05) is 23.3 Å². The summed E-state index contributed by atoms with van der Waals surface area (Å²) < 4.78 is 1.92. The number of aromatic nitrogens is 4. The van der Waals surface area contributed by atoms with Gasteiger partial charge >= 0.3 is 0 Å². The summed E-state index contributed by atoms with van der Waals surface area (Å²) in [7, 11) is 0. The Labute approximate surface area is 100 Å². The van der Waals surface area contributed by atoms with E-state index in [1.165, 1.54) is 18.4 Å². The lowest BCUT2D eigenvalue weighted by Crippen LogP contribution is -2.15. The summed E-state index contributed by atoms with van der Waals surface area (Å²) in [5.74, 6) is 0. The number of aromatic amines is 1. The molecule has 90 valence electrons. The third-order valence-corrected chi connectivity index (χ3v) is 3.12. The van der Waals surface area contributed by atoms with Crippen LogP contribution in [-0.2, 0) is 13.1 Å². The molecular weight excluding hydrogens is 214 g/mol. The predicted molar refractivity (Wildman–Crippen MR) is 65.3 cm³/mol. The molecule has 0 radical (unpaired) electrons. The van der Waals surface area contributed by atoms with Crippen molar-refractivity contribution in [1.29, 1.82) is 0 Å². The van der Waals surface area contributed by atoms with Crippen molar-refractivity contribution in [2.24, 2.45) is 0 Å². The predicted octanol–water partition coefficient (Wildman–Crippen LogP) is 1.55. The fraction of sp³-hybridized carbons (Fsp3) is 0.500. The minimum atomic E-state index is 0.719. The van der Waals surface area contributed by atoms with Gasteiger partial charge in [0.1, 0.15) is 0 Å². The van der Waals surface area contributed by atoms with Crippen LogP contribution in [0.25, 0.3) is 11.3 Å². The van der Waals surface area contributed by atoms with Crippen molar-refractivity contribution >= 4 is 0 Å². The van der Waals surface area contributed by atoms with Crippen LogP contribution in [0.2, 0.25) is 0 Å². The maximum absolute atomic E-state index is 4.29. The van der Waals surface area contributed by atoms with Gasteiger partial charge in [0.15, 0.2) is 0 Å². The molecule has 17 heavy (non-hydrogen) atoms. The Morgan fingerprint density at radius 2 is 2.35 bits per heavy atom. The highest BCUT2D eigenvalue weighted by Crippen LogP contribution is 2.23. The van der Waals surface area contributed by atoms with Gasteiger partial charge in [-0.1, -0.05) is 0 Å². The molecule has 5 nitrogen and oxygen atoms in total. The fourth-order valence-corrected chi connectivity index (χ4v) is 1.90. The van der Waals surface area contributed by atoms with Crippen LogP contribution in [0.3, 0.4) is 0 Å². The molecule has 5 heteroatoms. The molecule has 2 N–H and O–H groups in total. The first kappa shape index (κ1) is 10.5. The van der Waals surface area contributed by atoms with Gasteiger partial charge in [0.05, 0.1) is 18.1 Å². The van der Waals surface area contributed by atoms with Gasteiger partial charge in [-0.15, -0.1) is 0 Å². The summed E-state index contributed by atoms with van der Waals surface area (Å²) in [5, 5.41) is 15.0. The van der Waals surface area contributed by atoms with Crippen molar-refractivity contribution in [3.05, 3.63) is 24.2 Å². The molecule has 1 saturated carbocycles. The molecule has 2 aromatic heterocycles. The van der Waals surface area contributed by atoms with E-state index in [2.05, 4.69) is 27.5 Å². The van der Waals surface area contributed by atoms with Crippen LogP contribution in [-0.4, -0.2) is 26.0 Å². The SMILES string of the molecule is CCn1cc(-c2[nH]ncc2CNC2CC2)cn1. The molecule has 0 aromatic carbocycles. The smallest absolute Gasteiger partial charge is 0.0726 e. The van der Waals surface area contributed by atoms with E-state index < -0.39 is 0 Å². The lowest BCUT2D eigenvalue weighted by molar-refractivity contribution is 0.660. The molecule has 0 atom stereocenters. The zero-order valence-corrected chi connectivity index (χ0v) is 9.98. The van der Waals surface area contributed by atoms with Gasteiger partial charge in [-0.2, -0.15) is 10.2 Å². The second-order valence-corrected chi connectivity index (χ2v) is 4.51. The highest BCUT2D eigenvalue weighted by molar-refractivity contribution is 5.60. The number of rotatable bonds is 5. The highest BCUT2D eigenvalue weighted by Gasteiger charge is 2.21. The molecule has 1 fully saturated rings. The minimum absolute atomic E-state index is 0.719. The number of nitrogens with one attached hydrogen (secondary N) is 2. The Morgan fingerprint density at radius 3 is 3.06 bits per heavy atom. The lowest BCUT2D eigenvalue weighted by Gasteiger charge is -2.02. The quantitative estimate of drug-likeness (QED) is 0.820. The van der Waals surface area contributed by atoms with E-state index >= 15 is 0 Å². The van der Waals surface area contributed by atoms with Crippen LogP contribution in [0.1, 0.15) is 25.3 Å². The summed E-state index contributed by atoms with van der Waals surface area (Å²) in [6, 6.07) is 0.719. The van der Waals surface area contributed by atoms with Crippen LogP contribution >= 0.6 is 0 Å². The largest absolute Gasteiger partial charge is 0.310 e. The van der Waals surface area contributed by atoms with Gasteiger partial charge in [0.2, 0.25) is 0 Å². The highest BCUT2D eigenvalue weighted by atomic mass is 15.3. The zero-order chi connectivity index (χ0) is 11.7. The van der Waals surface area contributed by atoms with Crippen molar-refractivity contribution in [3.63, 3.8) is 0 Å². The molecule has 0 aliphatic heterocycles. The topological polar surface area (TPSA) is 58.5 Å². The lowest BCUT2D eigenvalue weighted by atomic mass is 10.1. The van der Waals surface area contributed by atoms with Crippen molar-refractivity contribution < 1.29 is 0 Å². The van der Waals surface area contributed by atoms with Crippen molar-refractivity contribution in [2.45, 2.75) is 38.9 Å². The molecule has 1 aliphatic carbocycles. The van der Waals surface area contributed by atoms with Gasteiger partial charge in [0, 0.05) is 36.5 Å². The van der Waals surface area contributed by atoms with E-state index in [1.54, 1.807) is 0 Å². The molecular formula is C12H17N5. The fourth-order valence-electron chi connectivity index (χ4n) is 1.90. The summed E-state index contributed by atoms with van der Waals surface area (Å²) in [6.45, 7) is 3.86. The number of hydrogen-bond acceptors (Lipinski definition) is 3. The van der Waals surface area contributed by atoms with E-state index in [0.29, 0.717) is 0 Å². The maximum atomic E-state index is 4.29. The standard InChI is InChI=1S/C12H17N5/c1-2-17-8-10(7-15-17)12-9(6-14-16-12)5-13-11-3-4-11/h6-8,11,13H,2-5H2,1H3,(H,14,16). The zero-order valence-electron chi connectivity index (χ0n) is 9.98. The average molecular weight is 231 g/mol. The van der Waals surface area contributed by atoms with Crippen LogP contribution in [0.5, 0.6) is 0 Å². The molecule has 0 amide bonds. The monoisotopic (exact) mass is 231 g/mol. The van der Waals surface area contributed by atoms with Crippen LogP contribution < -0.4 is 5.32 Å². The van der Waals surface area contributed by atoms with Crippen molar-refractivity contribution in [2.75, 3.05) is 0 Å². The van der Waals surface area contributed by atoms with Crippen molar-refractivity contribution in [3.8, 4) is 11.3 Å². The molecule has 0 saturated heterocycles. The Balaban J connectivity index is 1.78. The molecule has 2 aromatic rings. The van der Waals surface area contributed by atoms with E-state index in [4.69, 9.17) is 0 Å².